The van der Waals surface area contributed by atoms with Gasteiger partial charge in [0.05, 0.1) is 11.3 Å². The molecule has 0 spiro atoms. The third kappa shape index (κ3) is 2.74. The van der Waals surface area contributed by atoms with Gasteiger partial charge in [0.15, 0.2) is 0 Å². The molecule has 0 unspecified atom stereocenters. The number of nitrogens with one attached hydrogen (secondary N) is 2. The van der Waals surface area contributed by atoms with E-state index in [1.165, 1.54) is 11.3 Å². The van der Waals surface area contributed by atoms with Gasteiger partial charge in [-0.1, -0.05) is 24.3 Å². The lowest BCUT2D eigenvalue weighted by Crippen LogP contribution is -2.35. The van der Waals surface area contributed by atoms with Gasteiger partial charge in [-0.2, -0.15) is 0 Å². The molecule has 1 heterocycles. The first kappa shape index (κ1) is 16.0. The van der Waals surface area contributed by atoms with Crippen molar-refractivity contribution in [2.24, 2.45) is 0 Å². The van der Waals surface area contributed by atoms with Crippen LogP contribution in [0.3, 0.4) is 0 Å². The fourth-order valence-electron chi connectivity index (χ4n) is 2.60. The van der Waals surface area contributed by atoms with Crippen LogP contribution in [0, 0.1) is 0 Å². The van der Waals surface area contributed by atoms with Crippen molar-refractivity contribution < 1.29 is 5.11 Å². The van der Waals surface area contributed by atoms with Gasteiger partial charge in [0, 0.05) is 17.3 Å². The Kier molecular flexibility index (Phi) is 3.98. The molecular formula is C19H13N3O3S. The van der Waals surface area contributed by atoms with Crippen molar-refractivity contribution in [1.29, 1.82) is 0 Å². The maximum absolute atomic E-state index is 12.0. The summed E-state index contributed by atoms with van der Waals surface area (Å²) in [7, 11) is 0. The number of para-hydroxylation sites is 2. The standard InChI is InChI=1S/C19H13N3O3S/c23-16-12(19-20-9-10-26-19)7-4-8-13(16)22-15-14(17(24)18(15)25)21-11-5-2-1-3-6-11/h1-10,21-23H. The average Bonchev–Trinajstić information content (AvgIpc) is 3.20. The molecule has 0 aliphatic heterocycles. The van der Waals surface area contributed by atoms with Crippen LogP contribution in [0.25, 0.3) is 10.6 Å². The van der Waals surface area contributed by atoms with Crippen LogP contribution in [-0.4, -0.2) is 10.1 Å². The highest BCUT2D eigenvalue weighted by Gasteiger charge is 2.22. The number of hydrogen-bond donors (Lipinski definition) is 3. The molecule has 3 aromatic carbocycles. The fraction of sp³-hybridized carbons (Fsp3) is 0. The smallest absolute Gasteiger partial charge is 0.253 e. The zero-order valence-corrected chi connectivity index (χ0v) is 14.2. The lowest BCUT2D eigenvalue weighted by atomic mass is 10.1. The van der Waals surface area contributed by atoms with Gasteiger partial charge in [0.1, 0.15) is 22.1 Å². The lowest BCUT2D eigenvalue weighted by Gasteiger charge is -2.16. The van der Waals surface area contributed by atoms with Gasteiger partial charge in [-0.05, 0) is 24.3 Å². The molecule has 26 heavy (non-hydrogen) atoms. The number of aromatic nitrogens is 1. The zero-order chi connectivity index (χ0) is 18.1. The van der Waals surface area contributed by atoms with Crippen LogP contribution in [0.15, 0.2) is 69.7 Å². The Morgan fingerprint density at radius 1 is 0.885 bits per heavy atom. The van der Waals surface area contributed by atoms with Crippen molar-refractivity contribution >= 4 is 34.1 Å². The predicted octanol–water partition coefficient (Wildman–Crippen LogP) is 3.60. The molecule has 0 fully saturated rings. The Morgan fingerprint density at radius 2 is 1.62 bits per heavy atom. The van der Waals surface area contributed by atoms with Crippen LogP contribution in [-0.2, 0) is 0 Å². The third-order valence-corrected chi connectivity index (χ3v) is 4.72. The summed E-state index contributed by atoms with van der Waals surface area (Å²) in [6.45, 7) is 0. The summed E-state index contributed by atoms with van der Waals surface area (Å²) in [5.74, 6) is -0.0267. The molecule has 0 atom stereocenters. The highest BCUT2D eigenvalue weighted by molar-refractivity contribution is 7.13. The highest BCUT2D eigenvalue weighted by atomic mass is 32.1. The van der Waals surface area contributed by atoms with Gasteiger partial charge in [-0.15, -0.1) is 11.3 Å². The van der Waals surface area contributed by atoms with Gasteiger partial charge in [0.25, 0.3) is 10.9 Å². The molecule has 0 saturated heterocycles. The molecule has 1 aromatic heterocycles. The van der Waals surface area contributed by atoms with E-state index in [-0.39, 0.29) is 17.1 Å². The Bertz CT molecular complexity index is 1130. The second kappa shape index (κ2) is 6.45. The summed E-state index contributed by atoms with van der Waals surface area (Å²) in [6, 6.07) is 14.2. The number of nitrogens with zero attached hydrogens (tertiary/aromatic N) is 1. The van der Waals surface area contributed by atoms with E-state index in [0.717, 1.165) is 0 Å². The number of phenolic OH excluding ortho intramolecular Hbond substituents is 1. The number of aromatic hydroxyl groups is 1. The Morgan fingerprint density at radius 3 is 2.31 bits per heavy atom. The summed E-state index contributed by atoms with van der Waals surface area (Å²) in [5, 5.41) is 18.8. The van der Waals surface area contributed by atoms with E-state index in [2.05, 4.69) is 15.6 Å². The van der Waals surface area contributed by atoms with Gasteiger partial charge >= 0.3 is 0 Å². The minimum absolute atomic E-state index is 0.0267. The minimum atomic E-state index is -0.623. The van der Waals surface area contributed by atoms with E-state index in [9.17, 15) is 14.7 Å². The topological polar surface area (TPSA) is 91.3 Å². The number of rotatable bonds is 5. The van der Waals surface area contributed by atoms with Gasteiger partial charge in [-0.25, -0.2) is 4.98 Å². The number of hydrogen-bond acceptors (Lipinski definition) is 7. The van der Waals surface area contributed by atoms with Crippen LogP contribution in [0.4, 0.5) is 22.7 Å². The Hall–Kier alpha value is -3.45. The summed E-state index contributed by atoms with van der Waals surface area (Å²) in [5.41, 5.74) is 0.686. The van der Waals surface area contributed by atoms with Crippen molar-refractivity contribution in [3.05, 3.63) is 80.6 Å². The average molecular weight is 363 g/mol. The van der Waals surface area contributed by atoms with E-state index in [4.69, 9.17) is 0 Å². The van der Waals surface area contributed by atoms with E-state index in [1.54, 1.807) is 36.5 Å². The minimum Gasteiger partial charge on any atom is -0.505 e. The van der Waals surface area contributed by atoms with Crippen molar-refractivity contribution in [1.82, 2.24) is 4.98 Å². The maximum Gasteiger partial charge on any atom is 0.253 e. The molecule has 3 N–H and O–H groups in total. The third-order valence-electron chi connectivity index (χ3n) is 3.91. The first-order chi connectivity index (χ1) is 12.6. The Labute approximate surface area is 152 Å². The van der Waals surface area contributed by atoms with E-state index < -0.39 is 10.9 Å². The molecule has 7 heteroatoms. The normalized spacial score (nSPS) is 10.8. The van der Waals surface area contributed by atoms with Crippen molar-refractivity contribution in [3.8, 4) is 16.3 Å². The molecule has 0 aliphatic rings. The van der Waals surface area contributed by atoms with Gasteiger partial charge in [0.2, 0.25) is 0 Å². The van der Waals surface area contributed by atoms with Gasteiger partial charge < -0.3 is 15.7 Å². The molecule has 6 nitrogen and oxygen atoms in total. The lowest BCUT2D eigenvalue weighted by molar-refractivity contribution is 0.479. The molecule has 4 aromatic rings. The highest BCUT2D eigenvalue weighted by Crippen LogP contribution is 2.38. The first-order valence-electron chi connectivity index (χ1n) is 7.79. The van der Waals surface area contributed by atoms with Crippen molar-refractivity contribution in [3.63, 3.8) is 0 Å². The number of anilines is 4. The summed E-state index contributed by atoms with van der Waals surface area (Å²) in [6.07, 6.45) is 1.65. The molecular weight excluding hydrogens is 350 g/mol. The molecule has 0 amide bonds. The molecule has 128 valence electrons. The Balaban J connectivity index is 1.67. The van der Waals surface area contributed by atoms with E-state index >= 15 is 0 Å². The number of benzene rings is 2. The molecule has 0 bridgehead atoms. The predicted molar refractivity (Wildman–Crippen MR) is 104 cm³/mol. The first-order valence-corrected chi connectivity index (χ1v) is 8.67. The second-order valence-electron chi connectivity index (χ2n) is 5.56. The molecule has 4 rings (SSSR count). The van der Waals surface area contributed by atoms with Gasteiger partial charge in [-0.3, -0.25) is 9.59 Å². The van der Waals surface area contributed by atoms with Crippen molar-refractivity contribution in [2.45, 2.75) is 0 Å². The van der Waals surface area contributed by atoms with Crippen LogP contribution in [0.5, 0.6) is 5.75 Å². The monoisotopic (exact) mass is 363 g/mol. The molecule has 0 aliphatic carbocycles. The summed E-state index contributed by atoms with van der Waals surface area (Å²) < 4.78 is 0. The molecule has 0 saturated carbocycles. The zero-order valence-electron chi connectivity index (χ0n) is 13.4. The quantitative estimate of drug-likeness (QED) is 0.371. The second-order valence-corrected chi connectivity index (χ2v) is 6.46. The van der Waals surface area contributed by atoms with Crippen LogP contribution in [0.2, 0.25) is 0 Å². The fourth-order valence-corrected chi connectivity index (χ4v) is 3.27. The van der Waals surface area contributed by atoms with E-state index in [1.807, 2.05) is 23.6 Å². The van der Waals surface area contributed by atoms with Crippen molar-refractivity contribution in [2.75, 3.05) is 10.6 Å². The van der Waals surface area contributed by atoms with Crippen LogP contribution >= 0.6 is 11.3 Å². The van der Waals surface area contributed by atoms with E-state index in [0.29, 0.717) is 21.9 Å². The van der Waals surface area contributed by atoms with Crippen LogP contribution < -0.4 is 21.5 Å². The largest absolute Gasteiger partial charge is 0.505 e. The molecule has 0 radical (unpaired) electrons. The number of thiazole rings is 1. The number of phenols is 1. The SMILES string of the molecule is O=c1c(Nc2ccccc2)c(Nc2cccc(-c3nccs3)c2O)c1=O. The maximum atomic E-state index is 12.0. The van der Waals surface area contributed by atoms with Crippen LogP contribution in [0.1, 0.15) is 0 Å². The summed E-state index contributed by atoms with van der Waals surface area (Å²) >= 11 is 1.40. The summed E-state index contributed by atoms with van der Waals surface area (Å²) in [4.78, 5) is 28.1.